The van der Waals surface area contributed by atoms with Crippen LogP contribution < -0.4 is 5.32 Å². The van der Waals surface area contributed by atoms with Crippen molar-refractivity contribution in [3.8, 4) is 0 Å². The molecule has 0 saturated carbocycles. The first-order valence-electron chi connectivity index (χ1n) is 7.59. The zero-order valence-corrected chi connectivity index (χ0v) is 12.9. The molecule has 5 nitrogen and oxygen atoms in total. The highest BCUT2D eigenvalue weighted by atomic mass is 16.3. The summed E-state index contributed by atoms with van der Waals surface area (Å²) in [6, 6.07) is 11.3. The number of nitrogens with zero attached hydrogens (tertiary/aromatic N) is 1. The number of aromatic amines is 1. The SMILES string of the molecule is Cc1cc2nc(C3C(=O)Nc4ccccc4C3O)[nH]c2cc1C. The molecular formula is C18H17N3O2. The summed E-state index contributed by atoms with van der Waals surface area (Å²) in [4.78, 5) is 20.2. The molecule has 0 aliphatic carbocycles. The number of benzene rings is 2. The third-order valence-corrected chi connectivity index (χ3v) is 4.55. The van der Waals surface area contributed by atoms with Crippen molar-refractivity contribution in [1.82, 2.24) is 9.97 Å². The Labute approximate surface area is 133 Å². The lowest BCUT2D eigenvalue weighted by atomic mass is 9.89. The van der Waals surface area contributed by atoms with Crippen LogP contribution in [0.1, 0.15) is 34.5 Å². The molecule has 1 aliphatic heterocycles. The van der Waals surface area contributed by atoms with Crippen molar-refractivity contribution in [1.29, 1.82) is 0 Å². The first kappa shape index (κ1) is 14.0. The van der Waals surface area contributed by atoms with Crippen LogP contribution in [0.4, 0.5) is 5.69 Å². The number of para-hydroxylation sites is 1. The molecule has 1 aromatic heterocycles. The molecule has 4 rings (SSSR count). The molecule has 5 heteroatoms. The number of anilines is 1. The van der Waals surface area contributed by atoms with E-state index in [4.69, 9.17) is 0 Å². The fourth-order valence-corrected chi connectivity index (χ4v) is 3.11. The number of H-pyrrole nitrogens is 1. The molecule has 0 saturated heterocycles. The maximum Gasteiger partial charge on any atom is 0.238 e. The van der Waals surface area contributed by atoms with E-state index >= 15 is 0 Å². The average Bonchev–Trinajstić information content (AvgIpc) is 2.90. The Hall–Kier alpha value is -2.66. The smallest absolute Gasteiger partial charge is 0.238 e. The Morgan fingerprint density at radius 2 is 1.87 bits per heavy atom. The standard InChI is InChI=1S/C18H17N3O2/c1-9-7-13-14(8-10(9)2)20-17(19-13)15-16(22)11-5-3-4-6-12(11)21-18(15)23/h3-8,15-16,22H,1-2H3,(H,19,20)(H,21,23). The summed E-state index contributed by atoms with van der Waals surface area (Å²) in [6.07, 6.45) is -0.914. The van der Waals surface area contributed by atoms with Gasteiger partial charge in [-0.2, -0.15) is 0 Å². The van der Waals surface area contributed by atoms with Gasteiger partial charge in [-0.25, -0.2) is 4.98 Å². The Morgan fingerprint density at radius 1 is 1.13 bits per heavy atom. The highest BCUT2D eigenvalue weighted by molar-refractivity contribution is 5.99. The zero-order valence-electron chi connectivity index (χ0n) is 12.9. The van der Waals surface area contributed by atoms with Crippen LogP contribution in [0.25, 0.3) is 11.0 Å². The Bertz CT molecular complexity index is 890. The Balaban J connectivity index is 1.82. The molecule has 2 atom stereocenters. The van der Waals surface area contributed by atoms with Crippen LogP contribution in [0.3, 0.4) is 0 Å². The maximum atomic E-state index is 12.4. The molecule has 1 amide bonds. The molecule has 2 aromatic carbocycles. The third-order valence-electron chi connectivity index (χ3n) is 4.55. The van der Waals surface area contributed by atoms with Gasteiger partial charge in [0.1, 0.15) is 11.7 Å². The first-order chi connectivity index (χ1) is 11.0. The van der Waals surface area contributed by atoms with Crippen molar-refractivity contribution >= 4 is 22.6 Å². The van der Waals surface area contributed by atoms with E-state index in [2.05, 4.69) is 15.3 Å². The molecule has 3 N–H and O–H groups in total. The summed E-state index contributed by atoms with van der Waals surface area (Å²) < 4.78 is 0. The number of aliphatic hydroxyl groups excluding tert-OH is 1. The number of aromatic nitrogens is 2. The minimum Gasteiger partial charge on any atom is -0.387 e. The predicted molar refractivity (Wildman–Crippen MR) is 88.3 cm³/mol. The number of amides is 1. The monoisotopic (exact) mass is 307 g/mol. The number of fused-ring (bicyclic) bond motifs is 2. The second kappa shape index (κ2) is 4.93. The van der Waals surface area contributed by atoms with Gasteiger partial charge in [-0.1, -0.05) is 18.2 Å². The lowest BCUT2D eigenvalue weighted by Crippen LogP contribution is -2.32. The highest BCUT2D eigenvalue weighted by Crippen LogP contribution is 2.39. The number of carbonyl (C=O) groups excluding carboxylic acids is 1. The van der Waals surface area contributed by atoms with E-state index in [1.807, 2.05) is 44.2 Å². The summed E-state index contributed by atoms with van der Waals surface area (Å²) in [5, 5.41) is 13.5. The van der Waals surface area contributed by atoms with Gasteiger partial charge < -0.3 is 15.4 Å². The summed E-state index contributed by atoms with van der Waals surface area (Å²) in [5.74, 6) is -0.494. The van der Waals surface area contributed by atoms with Crippen molar-refractivity contribution < 1.29 is 9.90 Å². The van der Waals surface area contributed by atoms with Crippen molar-refractivity contribution in [2.75, 3.05) is 5.32 Å². The molecule has 0 radical (unpaired) electrons. The Morgan fingerprint density at radius 3 is 2.70 bits per heavy atom. The quantitative estimate of drug-likeness (QED) is 0.647. The van der Waals surface area contributed by atoms with Crippen LogP contribution in [0.15, 0.2) is 36.4 Å². The minimum absolute atomic E-state index is 0.247. The molecule has 23 heavy (non-hydrogen) atoms. The average molecular weight is 307 g/mol. The lowest BCUT2D eigenvalue weighted by Gasteiger charge is -2.28. The van der Waals surface area contributed by atoms with Gasteiger partial charge in [0.15, 0.2) is 0 Å². The number of aliphatic hydroxyl groups is 1. The topological polar surface area (TPSA) is 78.0 Å². The van der Waals surface area contributed by atoms with Crippen molar-refractivity contribution in [3.63, 3.8) is 0 Å². The fourth-order valence-electron chi connectivity index (χ4n) is 3.11. The van der Waals surface area contributed by atoms with Gasteiger partial charge in [-0.15, -0.1) is 0 Å². The van der Waals surface area contributed by atoms with Crippen LogP contribution in [0.5, 0.6) is 0 Å². The summed E-state index contributed by atoms with van der Waals surface area (Å²) >= 11 is 0. The van der Waals surface area contributed by atoms with Crippen LogP contribution in [-0.2, 0) is 4.79 Å². The molecule has 3 aromatic rings. The number of imidazole rings is 1. The maximum absolute atomic E-state index is 12.4. The van der Waals surface area contributed by atoms with Crippen molar-refractivity contribution in [2.24, 2.45) is 0 Å². The van der Waals surface area contributed by atoms with Crippen LogP contribution >= 0.6 is 0 Å². The number of rotatable bonds is 1. The molecule has 0 fully saturated rings. The van der Waals surface area contributed by atoms with Gasteiger partial charge in [-0.3, -0.25) is 4.79 Å². The molecule has 2 heterocycles. The summed E-state index contributed by atoms with van der Waals surface area (Å²) in [5.41, 5.74) is 5.36. The van der Waals surface area contributed by atoms with E-state index in [0.29, 0.717) is 17.1 Å². The van der Waals surface area contributed by atoms with Crippen LogP contribution in [0.2, 0.25) is 0 Å². The minimum atomic E-state index is -0.914. The number of hydrogen-bond donors (Lipinski definition) is 3. The van der Waals surface area contributed by atoms with E-state index < -0.39 is 12.0 Å². The van der Waals surface area contributed by atoms with E-state index in [1.165, 1.54) is 0 Å². The number of nitrogens with one attached hydrogen (secondary N) is 2. The predicted octanol–water partition coefficient (Wildman–Crippen LogP) is 2.95. The second-order valence-electron chi connectivity index (χ2n) is 6.07. The van der Waals surface area contributed by atoms with Gasteiger partial charge in [0, 0.05) is 11.3 Å². The summed E-state index contributed by atoms with van der Waals surface area (Å²) in [6.45, 7) is 4.06. The highest BCUT2D eigenvalue weighted by Gasteiger charge is 2.37. The zero-order chi connectivity index (χ0) is 16.1. The van der Waals surface area contributed by atoms with Gasteiger partial charge in [0.25, 0.3) is 0 Å². The van der Waals surface area contributed by atoms with Crippen LogP contribution in [-0.4, -0.2) is 21.0 Å². The molecule has 0 bridgehead atoms. The second-order valence-corrected chi connectivity index (χ2v) is 6.07. The molecule has 116 valence electrons. The third kappa shape index (κ3) is 2.12. The summed E-state index contributed by atoms with van der Waals surface area (Å²) in [7, 11) is 0. The van der Waals surface area contributed by atoms with Crippen LogP contribution in [0, 0.1) is 13.8 Å². The molecular weight excluding hydrogens is 290 g/mol. The van der Waals surface area contributed by atoms with E-state index in [9.17, 15) is 9.90 Å². The van der Waals surface area contributed by atoms with Crippen molar-refractivity contribution in [3.05, 3.63) is 58.9 Å². The number of carbonyl (C=O) groups is 1. The first-order valence-corrected chi connectivity index (χ1v) is 7.59. The fraction of sp³-hybridized carbons (Fsp3) is 0.222. The normalized spacial score (nSPS) is 20.4. The van der Waals surface area contributed by atoms with Gasteiger partial charge in [-0.05, 0) is 43.2 Å². The van der Waals surface area contributed by atoms with E-state index in [-0.39, 0.29) is 5.91 Å². The lowest BCUT2D eigenvalue weighted by molar-refractivity contribution is -0.120. The van der Waals surface area contributed by atoms with Gasteiger partial charge in [0.05, 0.1) is 17.1 Å². The Kier molecular flexibility index (Phi) is 2.99. The number of aryl methyl sites for hydroxylation is 2. The molecule has 0 spiro atoms. The van der Waals surface area contributed by atoms with Crippen molar-refractivity contribution in [2.45, 2.75) is 25.9 Å². The van der Waals surface area contributed by atoms with Gasteiger partial charge in [0.2, 0.25) is 5.91 Å². The molecule has 2 unspecified atom stereocenters. The number of hydrogen-bond acceptors (Lipinski definition) is 3. The van der Waals surface area contributed by atoms with Gasteiger partial charge >= 0.3 is 0 Å². The van der Waals surface area contributed by atoms with E-state index in [0.717, 1.165) is 22.2 Å². The molecule has 1 aliphatic rings. The van der Waals surface area contributed by atoms with E-state index in [1.54, 1.807) is 6.07 Å². The largest absolute Gasteiger partial charge is 0.387 e.